The third kappa shape index (κ3) is 1.91. The van der Waals surface area contributed by atoms with Gasteiger partial charge in [-0.25, -0.2) is 9.88 Å². The Bertz CT molecular complexity index is 966. The zero-order valence-corrected chi connectivity index (χ0v) is 13.8. The molecule has 0 spiro atoms. The summed E-state index contributed by atoms with van der Waals surface area (Å²) in [5.41, 5.74) is 3.23. The van der Waals surface area contributed by atoms with E-state index in [-0.39, 0.29) is 11.8 Å². The number of imide groups is 1. The lowest BCUT2D eigenvalue weighted by Gasteiger charge is -2.13. The van der Waals surface area contributed by atoms with E-state index in [4.69, 9.17) is 0 Å². The molecular weight excluding hydrogens is 302 g/mol. The fraction of sp³-hybridized carbons (Fsp3) is 0.211. The van der Waals surface area contributed by atoms with Gasteiger partial charge in [0.05, 0.1) is 27.8 Å². The molecule has 2 aromatic carbocycles. The number of aryl methyl sites for hydroxylation is 1. The Labute approximate surface area is 139 Å². The molecule has 1 aromatic heterocycles. The van der Waals surface area contributed by atoms with Crippen LogP contribution in [0.5, 0.6) is 0 Å². The largest absolute Gasteiger partial charge is 0.331 e. The molecule has 0 saturated carbocycles. The third-order valence-corrected chi connectivity index (χ3v) is 4.47. The van der Waals surface area contributed by atoms with Gasteiger partial charge in [0.15, 0.2) is 0 Å². The molecule has 24 heavy (non-hydrogen) atoms. The first-order chi connectivity index (χ1) is 11.5. The highest BCUT2D eigenvalue weighted by Crippen LogP contribution is 2.31. The molecule has 0 fully saturated rings. The van der Waals surface area contributed by atoms with Gasteiger partial charge in [0.25, 0.3) is 11.8 Å². The van der Waals surface area contributed by atoms with Gasteiger partial charge in [0.1, 0.15) is 5.82 Å². The Morgan fingerprint density at radius 1 is 0.958 bits per heavy atom. The number of anilines is 1. The number of amides is 2. The SMILES string of the molecule is CC(C)c1nc2cc(N3C(=O)c4ccccc4C3=O)ccc2n1C. The minimum absolute atomic E-state index is 0.282. The van der Waals surface area contributed by atoms with Crippen molar-refractivity contribution in [3.05, 3.63) is 59.4 Å². The number of fused-ring (bicyclic) bond motifs is 2. The monoisotopic (exact) mass is 319 g/mol. The first-order valence-electron chi connectivity index (χ1n) is 7.93. The number of hydrogen-bond acceptors (Lipinski definition) is 3. The van der Waals surface area contributed by atoms with Gasteiger partial charge < -0.3 is 4.57 Å². The van der Waals surface area contributed by atoms with Crippen LogP contribution in [0.1, 0.15) is 46.3 Å². The molecule has 0 aliphatic carbocycles. The molecule has 5 heteroatoms. The number of carbonyl (C=O) groups is 2. The second kappa shape index (κ2) is 5.03. The van der Waals surface area contributed by atoms with Gasteiger partial charge >= 0.3 is 0 Å². The number of hydrogen-bond donors (Lipinski definition) is 0. The average molecular weight is 319 g/mol. The number of rotatable bonds is 2. The van der Waals surface area contributed by atoms with Crippen molar-refractivity contribution in [3.8, 4) is 0 Å². The van der Waals surface area contributed by atoms with E-state index in [2.05, 4.69) is 18.8 Å². The number of imidazole rings is 1. The lowest BCUT2D eigenvalue weighted by atomic mass is 10.1. The van der Waals surface area contributed by atoms with Crippen molar-refractivity contribution < 1.29 is 9.59 Å². The molecule has 0 bridgehead atoms. The minimum atomic E-state index is -0.282. The molecule has 5 nitrogen and oxygen atoms in total. The highest BCUT2D eigenvalue weighted by Gasteiger charge is 2.36. The summed E-state index contributed by atoms with van der Waals surface area (Å²) >= 11 is 0. The van der Waals surface area contributed by atoms with Crippen LogP contribution >= 0.6 is 0 Å². The van der Waals surface area contributed by atoms with Crippen molar-refractivity contribution in [1.29, 1.82) is 0 Å². The molecule has 3 aromatic rings. The Balaban J connectivity index is 1.84. The van der Waals surface area contributed by atoms with E-state index >= 15 is 0 Å². The molecule has 0 radical (unpaired) electrons. The molecule has 1 aliphatic rings. The second-order valence-corrected chi connectivity index (χ2v) is 6.35. The van der Waals surface area contributed by atoms with Gasteiger partial charge in [0.2, 0.25) is 0 Å². The van der Waals surface area contributed by atoms with Gasteiger partial charge in [-0.3, -0.25) is 9.59 Å². The van der Waals surface area contributed by atoms with Crippen LogP contribution in [-0.2, 0) is 7.05 Å². The predicted octanol–water partition coefficient (Wildman–Crippen LogP) is 3.50. The topological polar surface area (TPSA) is 55.2 Å². The Morgan fingerprint density at radius 2 is 1.58 bits per heavy atom. The summed E-state index contributed by atoms with van der Waals surface area (Å²) < 4.78 is 2.05. The van der Waals surface area contributed by atoms with Crippen molar-refractivity contribution in [1.82, 2.24) is 9.55 Å². The van der Waals surface area contributed by atoms with Crippen LogP contribution in [0.4, 0.5) is 5.69 Å². The van der Waals surface area contributed by atoms with E-state index in [1.807, 2.05) is 23.7 Å². The first kappa shape index (κ1) is 14.6. The van der Waals surface area contributed by atoms with Crippen LogP contribution in [-0.4, -0.2) is 21.4 Å². The molecule has 0 saturated heterocycles. The van der Waals surface area contributed by atoms with Crippen LogP contribution in [0.2, 0.25) is 0 Å². The van der Waals surface area contributed by atoms with Crippen LogP contribution in [0.15, 0.2) is 42.5 Å². The Kier molecular flexibility index (Phi) is 3.06. The maximum Gasteiger partial charge on any atom is 0.266 e. The van der Waals surface area contributed by atoms with E-state index < -0.39 is 0 Å². The summed E-state index contributed by atoms with van der Waals surface area (Å²) in [6.07, 6.45) is 0. The van der Waals surface area contributed by atoms with E-state index in [1.54, 1.807) is 30.3 Å². The average Bonchev–Trinajstić information content (AvgIpc) is 3.03. The van der Waals surface area contributed by atoms with Gasteiger partial charge in [-0.2, -0.15) is 0 Å². The molecule has 0 atom stereocenters. The minimum Gasteiger partial charge on any atom is -0.331 e. The first-order valence-corrected chi connectivity index (χ1v) is 7.93. The van der Waals surface area contributed by atoms with Gasteiger partial charge in [0, 0.05) is 13.0 Å². The maximum atomic E-state index is 12.6. The smallest absolute Gasteiger partial charge is 0.266 e. The number of carbonyl (C=O) groups excluding carboxylic acids is 2. The fourth-order valence-corrected chi connectivity index (χ4v) is 3.29. The maximum absolute atomic E-state index is 12.6. The Hall–Kier alpha value is -2.95. The van der Waals surface area contributed by atoms with Crippen molar-refractivity contribution in [3.63, 3.8) is 0 Å². The van der Waals surface area contributed by atoms with Crippen LogP contribution in [0.3, 0.4) is 0 Å². The summed E-state index contributed by atoms with van der Waals surface area (Å²) in [6, 6.07) is 12.4. The van der Waals surface area contributed by atoms with Crippen LogP contribution in [0.25, 0.3) is 11.0 Å². The summed E-state index contributed by atoms with van der Waals surface area (Å²) in [5.74, 6) is 0.708. The molecule has 120 valence electrons. The molecule has 4 rings (SSSR count). The summed E-state index contributed by atoms with van der Waals surface area (Å²) in [7, 11) is 1.98. The Morgan fingerprint density at radius 3 is 2.17 bits per heavy atom. The van der Waals surface area contributed by atoms with Crippen molar-refractivity contribution in [2.45, 2.75) is 19.8 Å². The summed E-state index contributed by atoms with van der Waals surface area (Å²) in [6.45, 7) is 4.18. The number of benzene rings is 2. The van der Waals surface area contributed by atoms with E-state index in [0.29, 0.717) is 22.7 Å². The van der Waals surface area contributed by atoms with Gasteiger partial charge in [-0.1, -0.05) is 26.0 Å². The molecule has 0 N–H and O–H groups in total. The van der Waals surface area contributed by atoms with Crippen molar-refractivity contribution in [2.75, 3.05) is 4.90 Å². The summed E-state index contributed by atoms with van der Waals surface area (Å²) in [4.78, 5) is 31.1. The zero-order valence-electron chi connectivity index (χ0n) is 13.8. The highest BCUT2D eigenvalue weighted by molar-refractivity contribution is 6.34. The summed E-state index contributed by atoms with van der Waals surface area (Å²) in [5, 5.41) is 0. The van der Waals surface area contributed by atoms with E-state index in [9.17, 15) is 9.59 Å². The van der Waals surface area contributed by atoms with Crippen molar-refractivity contribution in [2.24, 2.45) is 7.05 Å². The molecule has 1 aliphatic heterocycles. The second-order valence-electron chi connectivity index (χ2n) is 6.35. The molecule has 0 unspecified atom stereocenters. The predicted molar refractivity (Wildman–Crippen MR) is 92.4 cm³/mol. The quantitative estimate of drug-likeness (QED) is 0.679. The van der Waals surface area contributed by atoms with Gasteiger partial charge in [-0.15, -0.1) is 0 Å². The number of aromatic nitrogens is 2. The highest BCUT2D eigenvalue weighted by atomic mass is 16.2. The lowest BCUT2D eigenvalue weighted by molar-refractivity contribution is 0.0926. The van der Waals surface area contributed by atoms with Crippen molar-refractivity contribution >= 4 is 28.5 Å². The van der Waals surface area contributed by atoms with E-state index in [1.165, 1.54) is 4.90 Å². The third-order valence-electron chi connectivity index (χ3n) is 4.47. The molecular formula is C19H17N3O2. The normalized spacial score (nSPS) is 14.1. The van der Waals surface area contributed by atoms with E-state index in [0.717, 1.165) is 16.9 Å². The van der Waals surface area contributed by atoms with Crippen LogP contribution in [0, 0.1) is 0 Å². The lowest BCUT2D eigenvalue weighted by Crippen LogP contribution is -2.29. The van der Waals surface area contributed by atoms with Crippen LogP contribution < -0.4 is 4.90 Å². The number of nitrogens with zero attached hydrogens (tertiary/aromatic N) is 3. The molecule has 2 amide bonds. The van der Waals surface area contributed by atoms with Gasteiger partial charge in [-0.05, 0) is 30.3 Å². The standard InChI is InChI=1S/C19H17N3O2/c1-11(2)17-20-15-10-12(8-9-16(15)21(17)3)22-18(23)13-6-4-5-7-14(13)19(22)24/h4-11H,1-3H3. The fourth-order valence-electron chi connectivity index (χ4n) is 3.29. The molecule has 2 heterocycles. The zero-order chi connectivity index (χ0) is 17.0.